The maximum atomic E-state index is 5.47. The molecule has 0 spiro atoms. The third-order valence-corrected chi connectivity index (χ3v) is 2.06. The molecule has 1 N–H and O–H groups in total. The molecule has 0 aliphatic rings. The first-order valence-corrected chi connectivity index (χ1v) is 4.78. The molecule has 1 unspecified atom stereocenters. The Morgan fingerprint density at radius 2 is 2.13 bits per heavy atom. The molecule has 0 aliphatic carbocycles. The zero-order valence-electron chi connectivity index (χ0n) is 8.94. The average molecular weight is 207 g/mol. The van der Waals surface area contributed by atoms with Gasteiger partial charge in [0.05, 0.1) is 6.04 Å². The van der Waals surface area contributed by atoms with Gasteiger partial charge in [0.15, 0.2) is 5.82 Å². The molecule has 1 atom stereocenters. The second-order valence-electron chi connectivity index (χ2n) is 3.46. The van der Waals surface area contributed by atoms with Crippen molar-refractivity contribution in [1.29, 1.82) is 0 Å². The first kappa shape index (κ1) is 9.76. The quantitative estimate of drug-likeness (QED) is 0.837. The molecule has 2 rings (SSSR count). The molecule has 0 saturated heterocycles. The molecule has 15 heavy (non-hydrogen) atoms. The maximum absolute atomic E-state index is 5.47. The Labute approximate surface area is 87.5 Å². The Morgan fingerprint density at radius 1 is 1.33 bits per heavy atom. The van der Waals surface area contributed by atoms with Crippen LogP contribution in [0, 0.1) is 13.8 Å². The van der Waals surface area contributed by atoms with Gasteiger partial charge in [-0.3, -0.25) is 0 Å². The van der Waals surface area contributed by atoms with Crippen LogP contribution in [0.1, 0.15) is 30.3 Å². The largest absolute Gasteiger partial charge is 0.464 e. The first-order valence-electron chi connectivity index (χ1n) is 4.78. The highest BCUT2D eigenvalue weighted by atomic mass is 16.5. The van der Waals surface area contributed by atoms with Gasteiger partial charge in [-0.25, -0.2) is 0 Å². The molecule has 5 heteroatoms. The van der Waals surface area contributed by atoms with Crippen molar-refractivity contribution >= 4 is 6.01 Å². The average Bonchev–Trinajstić information content (AvgIpc) is 2.75. The zero-order chi connectivity index (χ0) is 10.8. The summed E-state index contributed by atoms with van der Waals surface area (Å²) >= 11 is 0. The van der Waals surface area contributed by atoms with Gasteiger partial charge in [-0.2, -0.15) is 4.98 Å². The van der Waals surface area contributed by atoms with Gasteiger partial charge in [0.1, 0.15) is 11.5 Å². The van der Waals surface area contributed by atoms with Gasteiger partial charge in [0, 0.05) is 0 Å². The summed E-state index contributed by atoms with van der Waals surface area (Å²) in [7, 11) is 0. The fourth-order valence-electron chi connectivity index (χ4n) is 1.30. The van der Waals surface area contributed by atoms with Gasteiger partial charge in [0.2, 0.25) is 0 Å². The first-order chi connectivity index (χ1) is 7.15. The van der Waals surface area contributed by atoms with E-state index >= 15 is 0 Å². The van der Waals surface area contributed by atoms with E-state index in [-0.39, 0.29) is 6.04 Å². The summed E-state index contributed by atoms with van der Waals surface area (Å²) in [5.41, 5.74) is 0. The lowest BCUT2D eigenvalue weighted by Gasteiger charge is -2.07. The minimum absolute atomic E-state index is 0.0125. The topological polar surface area (TPSA) is 64.1 Å². The molecule has 80 valence electrons. The van der Waals surface area contributed by atoms with Crippen LogP contribution in [0.5, 0.6) is 0 Å². The molecule has 0 radical (unpaired) electrons. The number of anilines is 1. The summed E-state index contributed by atoms with van der Waals surface area (Å²) in [6.45, 7) is 5.65. The van der Waals surface area contributed by atoms with Crippen molar-refractivity contribution in [3.8, 4) is 0 Å². The van der Waals surface area contributed by atoms with Crippen molar-refractivity contribution in [3.05, 3.63) is 29.5 Å². The molecule has 0 saturated carbocycles. The van der Waals surface area contributed by atoms with Crippen LogP contribution in [0.2, 0.25) is 0 Å². The Bertz CT molecular complexity index is 447. The lowest BCUT2D eigenvalue weighted by atomic mass is 10.2. The molecular weight excluding hydrogens is 194 g/mol. The molecule has 0 aliphatic heterocycles. The fraction of sp³-hybridized carbons (Fsp3) is 0.400. The van der Waals surface area contributed by atoms with Crippen LogP contribution >= 0.6 is 0 Å². The number of aryl methyl sites for hydroxylation is 2. The SMILES string of the molecule is Cc1noc(NC(C)c2ccc(C)o2)n1. The molecular formula is C10H13N3O2. The van der Waals surface area contributed by atoms with Crippen LogP contribution in [0.3, 0.4) is 0 Å². The highest BCUT2D eigenvalue weighted by Crippen LogP contribution is 2.19. The second kappa shape index (κ2) is 3.76. The van der Waals surface area contributed by atoms with Crippen molar-refractivity contribution < 1.29 is 8.94 Å². The predicted octanol–water partition coefficient (Wildman–Crippen LogP) is 2.45. The van der Waals surface area contributed by atoms with Crippen LogP contribution in [0.15, 0.2) is 21.1 Å². The van der Waals surface area contributed by atoms with Crippen LogP contribution < -0.4 is 5.32 Å². The highest BCUT2D eigenvalue weighted by Gasteiger charge is 2.12. The Kier molecular flexibility index (Phi) is 2.45. The van der Waals surface area contributed by atoms with Crippen molar-refractivity contribution in [2.45, 2.75) is 26.8 Å². The lowest BCUT2D eigenvalue weighted by molar-refractivity contribution is 0.414. The number of nitrogens with one attached hydrogen (secondary N) is 1. The predicted molar refractivity (Wildman–Crippen MR) is 54.5 cm³/mol. The van der Waals surface area contributed by atoms with E-state index in [2.05, 4.69) is 15.5 Å². The van der Waals surface area contributed by atoms with E-state index in [1.54, 1.807) is 6.92 Å². The summed E-state index contributed by atoms with van der Waals surface area (Å²) in [6.07, 6.45) is 0. The van der Waals surface area contributed by atoms with E-state index in [4.69, 9.17) is 8.94 Å². The lowest BCUT2D eigenvalue weighted by Crippen LogP contribution is -2.05. The zero-order valence-corrected chi connectivity index (χ0v) is 8.94. The van der Waals surface area contributed by atoms with Crippen molar-refractivity contribution in [2.24, 2.45) is 0 Å². The number of nitrogens with zero attached hydrogens (tertiary/aromatic N) is 2. The van der Waals surface area contributed by atoms with Gasteiger partial charge in [0.25, 0.3) is 0 Å². The van der Waals surface area contributed by atoms with E-state index in [0.717, 1.165) is 11.5 Å². The van der Waals surface area contributed by atoms with Crippen LogP contribution in [0.25, 0.3) is 0 Å². The van der Waals surface area contributed by atoms with E-state index in [0.29, 0.717) is 11.8 Å². The summed E-state index contributed by atoms with van der Waals surface area (Å²) in [6, 6.07) is 4.27. The van der Waals surface area contributed by atoms with Gasteiger partial charge in [-0.15, -0.1) is 0 Å². The monoisotopic (exact) mass is 207 g/mol. The minimum Gasteiger partial charge on any atom is -0.464 e. The van der Waals surface area contributed by atoms with E-state index in [9.17, 15) is 0 Å². The third-order valence-electron chi connectivity index (χ3n) is 2.06. The van der Waals surface area contributed by atoms with E-state index in [1.807, 2.05) is 26.0 Å². The second-order valence-corrected chi connectivity index (χ2v) is 3.46. The highest BCUT2D eigenvalue weighted by molar-refractivity contribution is 5.24. The Morgan fingerprint density at radius 3 is 2.67 bits per heavy atom. The molecule has 5 nitrogen and oxygen atoms in total. The smallest absolute Gasteiger partial charge is 0.322 e. The minimum atomic E-state index is 0.0125. The summed E-state index contributed by atoms with van der Waals surface area (Å²) in [5.74, 6) is 2.35. The summed E-state index contributed by atoms with van der Waals surface area (Å²) in [5, 5.41) is 6.75. The van der Waals surface area contributed by atoms with Gasteiger partial charge < -0.3 is 14.3 Å². The number of rotatable bonds is 3. The van der Waals surface area contributed by atoms with Gasteiger partial charge in [-0.05, 0) is 32.9 Å². The number of aromatic nitrogens is 2. The molecule has 0 aromatic carbocycles. The third kappa shape index (κ3) is 2.18. The molecule has 2 aromatic heterocycles. The van der Waals surface area contributed by atoms with E-state index in [1.165, 1.54) is 0 Å². The summed E-state index contributed by atoms with van der Waals surface area (Å²) in [4.78, 5) is 4.05. The van der Waals surface area contributed by atoms with Gasteiger partial charge in [-0.1, -0.05) is 5.16 Å². The summed E-state index contributed by atoms with van der Waals surface area (Å²) < 4.78 is 10.4. The number of furan rings is 1. The van der Waals surface area contributed by atoms with Crippen LogP contribution in [-0.4, -0.2) is 10.1 Å². The van der Waals surface area contributed by atoms with Gasteiger partial charge >= 0.3 is 6.01 Å². The molecule has 2 aromatic rings. The van der Waals surface area contributed by atoms with Crippen LogP contribution in [0.4, 0.5) is 6.01 Å². The fourth-order valence-corrected chi connectivity index (χ4v) is 1.30. The Hall–Kier alpha value is -1.78. The van der Waals surface area contributed by atoms with E-state index < -0.39 is 0 Å². The van der Waals surface area contributed by atoms with Crippen molar-refractivity contribution in [3.63, 3.8) is 0 Å². The number of hydrogen-bond acceptors (Lipinski definition) is 5. The standard InChI is InChI=1S/C10H13N3O2/c1-6-4-5-9(14-6)7(2)11-10-12-8(3)13-15-10/h4-5,7H,1-3H3,(H,11,12,13). The maximum Gasteiger partial charge on any atom is 0.322 e. The molecule has 0 amide bonds. The number of hydrogen-bond donors (Lipinski definition) is 1. The van der Waals surface area contributed by atoms with Crippen LogP contribution in [-0.2, 0) is 0 Å². The molecule has 2 heterocycles. The molecule has 0 bridgehead atoms. The normalized spacial score (nSPS) is 12.7. The molecule has 0 fully saturated rings. The van der Waals surface area contributed by atoms with Crippen molar-refractivity contribution in [1.82, 2.24) is 10.1 Å². The Balaban J connectivity index is 2.06. The van der Waals surface area contributed by atoms with Crippen molar-refractivity contribution in [2.75, 3.05) is 5.32 Å².